The molecule has 0 spiro atoms. The van der Waals surface area contributed by atoms with E-state index in [2.05, 4.69) is 5.32 Å². The summed E-state index contributed by atoms with van der Waals surface area (Å²) in [6.45, 7) is 0. The van der Waals surface area contributed by atoms with Crippen molar-refractivity contribution in [3.63, 3.8) is 0 Å². The van der Waals surface area contributed by atoms with Crippen molar-refractivity contribution in [3.05, 3.63) is 71.5 Å². The molecule has 29 heavy (non-hydrogen) atoms. The number of nitrogens with zero attached hydrogens (tertiary/aromatic N) is 1. The van der Waals surface area contributed by atoms with Gasteiger partial charge in [0.25, 0.3) is 5.91 Å². The van der Waals surface area contributed by atoms with Crippen molar-refractivity contribution < 1.29 is 18.7 Å². The molecule has 8 nitrogen and oxygen atoms in total. The van der Waals surface area contributed by atoms with E-state index in [1.165, 1.54) is 6.07 Å². The van der Waals surface area contributed by atoms with Crippen LogP contribution in [0.1, 0.15) is 27.8 Å². The van der Waals surface area contributed by atoms with Gasteiger partial charge in [-0.2, -0.15) is 0 Å². The van der Waals surface area contributed by atoms with E-state index in [0.717, 1.165) is 17.0 Å². The van der Waals surface area contributed by atoms with Gasteiger partial charge in [0.1, 0.15) is 23.5 Å². The topological polar surface area (TPSA) is 114 Å². The van der Waals surface area contributed by atoms with Crippen LogP contribution < -0.4 is 25.4 Å². The Morgan fingerprint density at radius 1 is 1.07 bits per heavy atom. The highest BCUT2D eigenvalue weighted by Gasteiger charge is 2.35. The zero-order chi connectivity index (χ0) is 20.5. The van der Waals surface area contributed by atoms with Crippen LogP contribution in [0.25, 0.3) is 0 Å². The summed E-state index contributed by atoms with van der Waals surface area (Å²) in [5, 5.41) is 12.1. The largest absolute Gasteiger partial charge is 0.497 e. The molecule has 1 aliphatic rings. The van der Waals surface area contributed by atoms with Gasteiger partial charge in [0.15, 0.2) is 5.76 Å². The van der Waals surface area contributed by atoms with E-state index in [0.29, 0.717) is 17.2 Å². The molecule has 1 unspecified atom stereocenters. The van der Waals surface area contributed by atoms with Crippen LogP contribution in [0.4, 0.5) is 11.6 Å². The predicted octanol–water partition coefficient (Wildman–Crippen LogP) is 3.35. The lowest BCUT2D eigenvalue weighted by Gasteiger charge is -2.38. The molecule has 4 N–H and O–H groups in total. The Kier molecular flexibility index (Phi) is 4.59. The Bertz CT molecular complexity index is 1060. The lowest BCUT2D eigenvalue weighted by Crippen LogP contribution is -2.42. The summed E-state index contributed by atoms with van der Waals surface area (Å²) in [4.78, 5) is 13.4. The molecule has 0 aliphatic carbocycles. The molecule has 1 aliphatic heterocycles. The number of anilines is 2. The molecule has 1 amide bonds. The molecule has 3 aromatic rings. The van der Waals surface area contributed by atoms with Gasteiger partial charge in [-0.1, -0.05) is 12.1 Å². The Balaban J connectivity index is 1.81. The van der Waals surface area contributed by atoms with Crippen LogP contribution in [-0.4, -0.2) is 26.0 Å². The van der Waals surface area contributed by atoms with E-state index in [9.17, 15) is 4.79 Å². The molecule has 0 bridgehead atoms. The molecular weight excluding hydrogens is 372 g/mol. The van der Waals surface area contributed by atoms with Gasteiger partial charge >= 0.3 is 0 Å². The second kappa shape index (κ2) is 7.23. The molecule has 0 saturated carbocycles. The third kappa shape index (κ3) is 3.25. The van der Waals surface area contributed by atoms with E-state index in [1.54, 1.807) is 14.2 Å². The number of carbonyl (C=O) groups excluding carboxylic acids is 1. The number of rotatable bonds is 5. The minimum absolute atomic E-state index is 0.00249. The van der Waals surface area contributed by atoms with Crippen molar-refractivity contribution in [2.45, 2.75) is 6.17 Å². The van der Waals surface area contributed by atoms with Crippen LogP contribution >= 0.6 is 0 Å². The molecule has 8 heteroatoms. The summed E-state index contributed by atoms with van der Waals surface area (Å²) in [5.74, 6) is 1.26. The number of nitrogens with one attached hydrogen (secondary N) is 2. The Hall–Kier alpha value is -3.94. The van der Waals surface area contributed by atoms with Crippen LogP contribution in [0.5, 0.6) is 11.5 Å². The fourth-order valence-corrected chi connectivity index (χ4v) is 3.28. The number of amidine groups is 1. The van der Waals surface area contributed by atoms with Gasteiger partial charge in [-0.3, -0.25) is 10.2 Å². The summed E-state index contributed by atoms with van der Waals surface area (Å²) in [6, 6.07) is 16.4. The second-order valence-corrected chi connectivity index (χ2v) is 6.45. The van der Waals surface area contributed by atoms with E-state index in [1.807, 2.05) is 53.4 Å². The van der Waals surface area contributed by atoms with Crippen LogP contribution in [0.2, 0.25) is 0 Å². The molecule has 4 rings (SSSR count). The zero-order valence-electron chi connectivity index (χ0n) is 15.9. The van der Waals surface area contributed by atoms with Gasteiger partial charge in [0.2, 0.25) is 5.88 Å². The molecule has 148 valence electrons. The van der Waals surface area contributed by atoms with Crippen LogP contribution in [0.15, 0.2) is 59.0 Å². The van der Waals surface area contributed by atoms with Crippen molar-refractivity contribution in [2.75, 3.05) is 24.4 Å². The van der Waals surface area contributed by atoms with Crippen molar-refractivity contribution in [1.82, 2.24) is 0 Å². The number of benzene rings is 2. The number of hydrogen-bond acceptors (Lipinski definition) is 6. The maximum Gasteiger partial charge on any atom is 0.284 e. The lowest BCUT2D eigenvalue weighted by molar-refractivity contribution is 0.0975. The molecule has 1 atom stereocenters. The number of carbonyl (C=O) groups is 1. The molecule has 2 heterocycles. The predicted molar refractivity (Wildman–Crippen MR) is 109 cm³/mol. The lowest BCUT2D eigenvalue weighted by atomic mass is 10.1. The van der Waals surface area contributed by atoms with E-state index >= 15 is 0 Å². The Labute approximate surface area is 167 Å². The average molecular weight is 392 g/mol. The number of furan rings is 1. The molecular formula is C21H20N4O4. The fraction of sp³-hybridized carbons (Fsp3) is 0.143. The van der Waals surface area contributed by atoms with Gasteiger partial charge in [-0.05, 0) is 42.0 Å². The van der Waals surface area contributed by atoms with Crippen molar-refractivity contribution >= 4 is 23.3 Å². The Morgan fingerprint density at radius 3 is 2.21 bits per heavy atom. The van der Waals surface area contributed by atoms with Crippen LogP contribution in [0.3, 0.4) is 0 Å². The normalized spacial score (nSPS) is 15.4. The fourth-order valence-electron chi connectivity index (χ4n) is 3.28. The number of primary amides is 1. The number of fused-ring (bicyclic) bond motifs is 1. The standard InChI is InChI=1S/C21H20N4O4/c1-27-14-7-3-12(4-8-14)20-24-21-16(11-17(29-21)19(23)26)18(22)25(20)13-5-9-15(28-2)10-6-13/h3-11,20,22,24H,1-2H3,(H2,23,26). The third-order valence-corrected chi connectivity index (χ3v) is 4.78. The SMILES string of the molecule is COc1ccc(C2Nc3oc(C(N)=O)cc3C(=N)N2c2ccc(OC)cc2)cc1. The van der Waals surface area contributed by atoms with Gasteiger partial charge in [0, 0.05) is 11.8 Å². The minimum Gasteiger partial charge on any atom is -0.497 e. The van der Waals surface area contributed by atoms with E-state index in [4.69, 9.17) is 25.0 Å². The summed E-state index contributed by atoms with van der Waals surface area (Å²) in [7, 11) is 3.20. The third-order valence-electron chi connectivity index (χ3n) is 4.78. The van der Waals surface area contributed by atoms with Crippen LogP contribution in [-0.2, 0) is 0 Å². The maximum absolute atomic E-state index is 11.6. The highest BCUT2D eigenvalue weighted by molar-refractivity contribution is 6.14. The molecule has 2 aromatic carbocycles. The molecule has 0 radical (unpaired) electrons. The van der Waals surface area contributed by atoms with Gasteiger partial charge in [-0.25, -0.2) is 0 Å². The molecule has 1 aromatic heterocycles. The first-order valence-corrected chi connectivity index (χ1v) is 8.88. The molecule has 0 saturated heterocycles. The van der Waals surface area contributed by atoms with E-state index in [-0.39, 0.29) is 11.6 Å². The summed E-state index contributed by atoms with van der Waals surface area (Å²) >= 11 is 0. The van der Waals surface area contributed by atoms with E-state index < -0.39 is 12.1 Å². The maximum atomic E-state index is 11.6. The number of amides is 1. The quantitative estimate of drug-likeness (QED) is 0.614. The first kappa shape index (κ1) is 18.4. The van der Waals surface area contributed by atoms with Crippen LogP contribution in [0, 0.1) is 5.41 Å². The van der Waals surface area contributed by atoms with Gasteiger partial charge in [0.05, 0.1) is 19.8 Å². The highest BCUT2D eigenvalue weighted by atomic mass is 16.5. The second-order valence-electron chi connectivity index (χ2n) is 6.45. The number of nitrogens with two attached hydrogens (primary N) is 1. The van der Waals surface area contributed by atoms with Gasteiger partial charge in [-0.15, -0.1) is 0 Å². The Morgan fingerprint density at radius 2 is 1.66 bits per heavy atom. The summed E-state index contributed by atoms with van der Waals surface area (Å²) in [5.41, 5.74) is 7.47. The smallest absolute Gasteiger partial charge is 0.284 e. The van der Waals surface area contributed by atoms with Crippen molar-refractivity contribution in [1.29, 1.82) is 5.41 Å². The summed E-state index contributed by atoms with van der Waals surface area (Å²) < 4.78 is 16.0. The number of hydrogen-bond donors (Lipinski definition) is 3. The summed E-state index contributed by atoms with van der Waals surface area (Å²) in [6.07, 6.45) is -0.443. The number of methoxy groups -OCH3 is 2. The first-order valence-electron chi connectivity index (χ1n) is 8.88. The average Bonchev–Trinajstić information content (AvgIpc) is 3.19. The first-order chi connectivity index (χ1) is 14.0. The minimum atomic E-state index is -0.689. The molecule has 0 fully saturated rings. The van der Waals surface area contributed by atoms with Crippen molar-refractivity contribution in [2.24, 2.45) is 5.73 Å². The highest BCUT2D eigenvalue weighted by Crippen LogP contribution is 2.38. The monoisotopic (exact) mass is 392 g/mol. The zero-order valence-corrected chi connectivity index (χ0v) is 15.9. The van der Waals surface area contributed by atoms with Crippen molar-refractivity contribution in [3.8, 4) is 11.5 Å². The number of ether oxygens (including phenoxy) is 2. The van der Waals surface area contributed by atoms with Gasteiger partial charge < -0.3 is 29.8 Å².